The van der Waals surface area contributed by atoms with E-state index in [0.29, 0.717) is 11.4 Å². The van der Waals surface area contributed by atoms with Gasteiger partial charge in [0.1, 0.15) is 5.84 Å². The van der Waals surface area contributed by atoms with E-state index < -0.39 is 11.7 Å². The Balaban J connectivity index is 1.60. The number of benzene rings is 2. The molecule has 0 aliphatic carbocycles. The van der Waals surface area contributed by atoms with Crippen molar-refractivity contribution in [3.05, 3.63) is 70.3 Å². The molecule has 0 saturated carbocycles. The van der Waals surface area contributed by atoms with Gasteiger partial charge in [-0.1, -0.05) is 18.2 Å². The van der Waals surface area contributed by atoms with Crippen LogP contribution >= 0.6 is 11.8 Å². The van der Waals surface area contributed by atoms with Gasteiger partial charge in [0.15, 0.2) is 0 Å². The van der Waals surface area contributed by atoms with Gasteiger partial charge in [-0.2, -0.15) is 18.3 Å². The number of hydrogen-bond acceptors (Lipinski definition) is 4. The maximum absolute atomic E-state index is 12.9. The summed E-state index contributed by atoms with van der Waals surface area (Å²) >= 11 is 1.08. The maximum atomic E-state index is 12.9. The fourth-order valence-electron chi connectivity index (χ4n) is 3.05. The Bertz CT molecular complexity index is 1160. The van der Waals surface area contributed by atoms with Crippen LogP contribution in [0.15, 0.2) is 58.6 Å². The monoisotopic (exact) mass is 416 g/mol. The number of amidine groups is 1. The number of hydrogen-bond donors (Lipinski definition) is 1. The van der Waals surface area contributed by atoms with Gasteiger partial charge >= 0.3 is 6.18 Å². The van der Waals surface area contributed by atoms with Crippen molar-refractivity contribution in [3.63, 3.8) is 0 Å². The molecule has 1 aliphatic rings. The van der Waals surface area contributed by atoms with Crippen molar-refractivity contribution in [1.82, 2.24) is 15.1 Å². The Morgan fingerprint density at radius 2 is 2.07 bits per heavy atom. The molecule has 0 unspecified atom stereocenters. The summed E-state index contributed by atoms with van der Waals surface area (Å²) in [5, 5.41) is 7.78. The molecular weight excluding hydrogens is 401 g/mol. The van der Waals surface area contributed by atoms with Crippen LogP contribution in [0.5, 0.6) is 0 Å². The Morgan fingerprint density at radius 1 is 1.24 bits per heavy atom. The predicted molar refractivity (Wildman–Crippen MR) is 108 cm³/mol. The van der Waals surface area contributed by atoms with Gasteiger partial charge in [0.05, 0.1) is 22.5 Å². The molecule has 0 spiro atoms. The molecule has 1 aromatic heterocycles. The van der Waals surface area contributed by atoms with E-state index >= 15 is 0 Å². The van der Waals surface area contributed by atoms with E-state index in [-0.39, 0.29) is 11.8 Å². The van der Waals surface area contributed by atoms with Gasteiger partial charge in [-0.05, 0) is 53.2 Å². The third-order valence-corrected chi connectivity index (χ3v) is 5.17. The highest BCUT2D eigenvalue weighted by molar-refractivity contribution is 8.18. The number of rotatable bonds is 3. The molecule has 29 heavy (non-hydrogen) atoms. The highest BCUT2D eigenvalue weighted by atomic mass is 32.2. The van der Waals surface area contributed by atoms with Gasteiger partial charge < -0.3 is 5.32 Å². The normalized spacial score (nSPS) is 17.4. The number of nitrogens with zero attached hydrogens (tertiary/aromatic N) is 3. The molecule has 2 heterocycles. The summed E-state index contributed by atoms with van der Waals surface area (Å²) in [6.45, 7) is 0.232. The van der Waals surface area contributed by atoms with E-state index in [2.05, 4.69) is 15.4 Å². The average Bonchev–Trinajstić information content (AvgIpc) is 3.23. The fourth-order valence-corrected chi connectivity index (χ4v) is 3.83. The first kappa shape index (κ1) is 19.3. The number of aromatic nitrogens is 2. The molecule has 0 bridgehead atoms. The second kappa shape index (κ2) is 7.40. The summed E-state index contributed by atoms with van der Waals surface area (Å²) in [5.74, 6) is 0.528. The highest BCUT2D eigenvalue weighted by Crippen LogP contribution is 2.30. The minimum Gasteiger partial charge on any atom is -0.300 e. The Kier molecular flexibility index (Phi) is 4.91. The van der Waals surface area contributed by atoms with E-state index in [1.165, 1.54) is 6.07 Å². The second-order valence-corrected chi connectivity index (χ2v) is 7.45. The number of fused-ring (bicyclic) bond motifs is 1. The minimum absolute atomic E-state index is 0.174. The largest absolute Gasteiger partial charge is 0.416 e. The number of carbonyl (C=O) groups excluding carboxylic acids is 1. The van der Waals surface area contributed by atoms with Crippen LogP contribution in [0, 0.1) is 0 Å². The number of halogens is 3. The topological polar surface area (TPSA) is 59.3 Å². The van der Waals surface area contributed by atoms with Crippen molar-refractivity contribution in [1.29, 1.82) is 0 Å². The van der Waals surface area contributed by atoms with Crippen LogP contribution in [0.2, 0.25) is 0 Å². The van der Waals surface area contributed by atoms with E-state index in [0.717, 1.165) is 45.3 Å². The minimum atomic E-state index is -4.37. The van der Waals surface area contributed by atoms with Crippen molar-refractivity contribution in [2.75, 3.05) is 7.05 Å². The van der Waals surface area contributed by atoms with Crippen LogP contribution in [0.1, 0.15) is 16.7 Å². The molecule has 1 saturated heterocycles. The Hall–Kier alpha value is -3.07. The molecule has 148 valence electrons. The Morgan fingerprint density at radius 3 is 2.83 bits per heavy atom. The molecule has 0 radical (unpaired) electrons. The lowest BCUT2D eigenvalue weighted by molar-refractivity contribution is -0.137. The zero-order chi connectivity index (χ0) is 20.6. The molecule has 9 heteroatoms. The van der Waals surface area contributed by atoms with Crippen LogP contribution < -0.4 is 5.32 Å². The van der Waals surface area contributed by atoms with Crippen molar-refractivity contribution < 1.29 is 18.0 Å². The molecule has 2 aromatic carbocycles. The predicted octanol–water partition coefficient (Wildman–Crippen LogP) is 4.93. The molecule has 0 atom stereocenters. The fraction of sp³-hybridized carbons (Fsp3) is 0.150. The molecule has 5 nitrogen and oxygen atoms in total. The molecular formula is C20H15F3N4OS. The molecule has 1 amide bonds. The molecule has 1 fully saturated rings. The van der Waals surface area contributed by atoms with Crippen molar-refractivity contribution in [2.24, 2.45) is 4.99 Å². The summed E-state index contributed by atoms with van der Waals surface area (Å²) in [6, 6.07) is 10.8. The van der Waals surface area contributed by atoms with Crippen molar-refractivity contribution >= 4 is 39.8 Å². The van der Waals surface area contributed by atoms with Crippen LogP contribution in [-0.4, -0.2) is 27.9 Å². The van der Waals surface area contributed by atoms with Gasteiger partial charge in [0.2, 0.25) is 0 Å². The SMILES string of the molecule is CN=C1NC(=O)S/C1=C\c1ccc2nn(Cc3cccc(C(F)(F)F)c3)cc2c1. The lowest BCUT2D eigenvalue weighted by Gasteiger charge is -2.08. The van der Waals surface area contributed by atoms with E-state index in [1.807, 2.05) is 24.3 Å². The first-order chi connectivity index (χ1) is 13.8. The van der Waals surface area contributed by atoms with Gasteiger partial charge in [0, 0.05) is 18.6 Å². The first-order valence-corrected chi connectivity index (χ1v) is 9.44. The van der Waals surface area contributed by atoms with Crippen LogP contribution in [0.3, 0.4) is 0 Å². The van der Waals surface area contributed by atoms with Gasteiger partial charge in [-0.25, -0.2) is 0 Å². The molecule has 1 aliphatic heterocycles. The summed E-state index contributed by atoms with van der Waals surface area (Å²) < 4.78 is 40.3. The lowest BCUT2D eigenvalue weighted by atomic mass is 10.1. The van der Waals surface area contributed by atoms with Gasteiger partial charge in [-0.15, -0.1) is 0 Å². The van der Waals surface area contributed by atoms with Crippen LogP contribution in [-0.2, 0) is 12.7 Å². The van der Waals surface area contributed by atoms with Crippen LogP contribution in [0.4, 0.5) is 18.0 Å². The first-order valence-electron chi connectivity index (χ1n) is 8.63. The number of alkyl halides is 3. The van der Waals surface area contributed by atoms with E-state index in [9.17, 15) is 18.0 Å². The number of carbonyl (C=O) groups is 1. The smallest absolute Gasteiger partial charge is 0.300 e. The second-order valence-electron chi connectivity index (χ2n) is 6.44. The Labute approximate surface area is 168 Å². The van der Waals surface area contributed by atoms with E-state index in [1.54, 1.807) is 24.0 Å². The molecule has 3 aromatic rings. The number of aliphatic imine (C=N–C) groups is 1. The number of nitrogens with one attached hydrogen (secondary N) is 1. The summed E-state index contributed by atoms with van der Waals surface area (Å²) in [7, 11) is 1.61. The van der Waals surface area contributed by atoms with Gasteiger partial charge in [0.25, 0.3) is 5.24 Å². The maximum Gasteiger partial charge on any atom is 0.416 e. The third kappa shape index (κ3) is 4.19. The average molecular weight is 416 g/mol. The molecule has 1 N–H and O–H groups in total. The quantitative estimate of drug-likeness (QED) is 0.659. The van der Waals surface area contributed by atoms with Crippen molar-refractivity contribution in [3.8, 4) is 0 Å². The zero-order valence-electron chi connectivity index (χ0n) is 15.2. The third-order valence-electron chi connectivity index (χ3n) is 4.35. The zero-order valence-corrected chi connectivity index (χ0v) is 16.0. The number of amides is 1. The van der Waals surface area contributed by atoms with Gasteiger partial charge in [-0.3, -0.25) is 14.5 Å². The van der Waals surface area contributed by atoms with Crippen LogP contribution in [0.25, 0.3) is 17.0 Å². The lowest BCUT2D eigenvalue weighted by Crippen LogP contribution is -2.18. The summed E-state index contributed by atoms with van der Waals surface area (Å²) in [5.41, 5.74) is 1.45. The molecule has 4 rings (SSSR count). The van der Waals surface area contributed by atoms with Crippen molar-refractivity contribution in [2.45, 2.75) is 12.7 Å². The number of thioether (sulfide) groups is 1. The summed E-state index contributed by atoms with van der Waals surface area (Å²) in [6.07, 6.45) is -0.728. The van der Waals surface area contributed by atoms with E-state index in [4.69, 9.17) is 0 Å². The summed E-state index contributed by atoms with van der Waals surface area (Å²) in [4.78, 5) is 16.3. The highest BCUT2D eigenvalue weighted by Gasteiger charge is 2.30. The standard InChI is InChI=1S/C20H15F3N4OS/c1-24-18-17(29-19(28)25-18)9-12-5-6-16-14(7-12)11-27(26-16)10-13-3-2-4-15(8-13)20(21,22)23/h2-9,11H,10H2,1H3,(H,24,25,28)/b17-9-.